The molecule has 2 atom stereocenters. The average molecular weight is 392 g/mol. The second-order valence-corrected chi connectivity index (χ2v) is 8.34. The molecule has 0 spiro atoms. The summed E-state index contributed by atoms with van der Waals surface area (Å²) in [5.74, 6) is -1.74. The zero-order chi connectivity index (χ0) is 19.6. The van der Waals surface area contributed by atoms with E-state index in [1.165, 1.54) is 4.31 Å². The van der Waals surface area contributed by atoms with E-state index in [0.717, 1.165) is 23.8 Å². The fourth-order valence-corrected chi connectivity index (χ4v) is 4.79. The Bertz CT molecular complexity index is 934. The fourth-order valence-electron chi connectivity index (χ4n) is 3.23. The number of ether oxygens (including phenoxy) is 1. The first kappa shape index (κ1) is 19.5. The van der Waals surface area contributed by atoms with Gasteiger partial charge in [0.1, 0.15) is 5.82 Å². The lowest BCUT2D eigenvalue weighted by atomic mass is 9.95. The zero-order valence-electron chi connectivity index (χ0n) is 14.8. The predicted octanol–water partition coefficient (Wildman–Crippen LogP) is 2.12. The number of hydrogen-bond acceptors (Lipinski definition) is 5. The lowest BCUT2D eigenvalue weighted by molar-refractivity contribution is 0.0525. The Kier molecular flexibility index (Phi) is 5.59. The van der Waals surface area contributed by atoms with Gasteiger partial charge in [-0.05, 0) is 30.7 Å². The van der Waals surface area contributed by atoms with Crippen molar-refractivity contribution in [1.82, 2.24) is 4.31 Å². The number of carbonyl (C=O) groups is 1. The Balaban J connectivity index is 1.90. The molecule has 0 amide bonds. The van der Waals surface area contributed by atoms with E-state index in [4.69, 9.17) is 10.5 Å². The second-order valence-electron chi connectivity index (χ2n) is 6.40. The van der Waals surface area contributed by atoms with E-state index in [-0.39, 0.29) is 42.1 Å². The maximum atomic E-state index is 13.9. The van der Waals surface area contributed by atoms with Crippen LogP contribution in [0.2, 0.25) is 0 Å². The molecule has 1 aliphatic rings. The van der Waals surface area contributed by atoms with Gasteiger partial charge in [0.25, 0.3) is 0 Å². The number of carbonyl (C=O) groups excluding carboxylic acids is 1. The molecule has 3 rings (SSSR count). The molecule has 2 aromatic carbocycles. The molecule has 2 N–H and O–H groups in total. The number of halogens is 1. The van der Waals surface area contributed by atoms with Gasteiger partial charge in [-0.1, -0.05) is 30.3 Å². The summed E-state index contributed by atoms with van der Waals surface area (Å²) in [7, 11) is -4.00. The van der Waals surface area contributed by atoms with Crippen molar-refractivity contribution in [3.05, 3.63) is 65.5 Å². The summed E-state index contributed by atoms with van der Waals surface area (Å²) in [6, 6.07) is 12.1. The van der Waals surface area contributed by atoms with Crippen molar-refractivity contribution in [2.45, 2.75) is 23.8 Å². The minimum Gasteiger partial charge on any atom is -0.462 e. The van der Waals surface area contributed by atoms with Crippen molar-refractivity contribution in [2.24, 2.45) is 5.73 Å². The van der Waals surface area contributed by atoms with E-state index in [1.54, 1.807) is 6.92 Å². The van der Waals surface area contributed by atoms with Crippen molar-refractivity contribution < 1.29 is 22.3 Å². The van der Waals surface area contributed by atoms with Crippen LogP contribution in [0.15, 0.2) is 53.4 Å². The van der Waals surface area contributed by atoms with Gasteiger partial charge in [-0.3, -0.25) is 0 Å². The summed E-state index contributed by atoms with van der Waals surface area (Å²) in [5.41, 5.74) is 6.98. The Hall–Kier alpha value is -2.29. The van der Waals surface area contributed by atoms with E-state index in [1.807, 2.05) is 30.3 Å². The van der Waals surface area contributed by atoms with Gasteiger partial charge < -0.3 is 10.5 Å². The van der Waals surface area contributed by atoms with Gasteiger partial charge in [0.15, 0.2) is 0 Å². The van der Waals surface area contributed by atoms with Gasteiger partial charge in [-0.25, -0.2) is 17.6 Å². The summed E-state index contributed by atoms with van der Waals surface area (Å²) < 4.78 is 46.0. The normalized spacial score (nSPS) is 20.6. The first-order valence-corrected chi connectivity index (χ1v) is 10.1. The zero-order valence-corrected chi connectivity index (χ0v) is 15.7. The third-order valence-electron chi connectivity index (χ3n) is 4.58. The van der Waals surface area contributed by atoms with Crippen molar-refractivity contribution in [3.63, 3.8) is 0 Å². The molecule has 6 nitrogen and oxygen atoms in total. The number of esters is 1. The number of hydrogen-bond donors (Lipinski definition) is 1. The first-order valence-electron chi connectivity index (χ1n) is 8.61. The first-order chi connectivity index (χ1) is 12.8. The highest BCUT2D eigenvalue weighted by Crippen LogP contribution is 2.31. The number of benzene rings is 2. The van der Waals surface area contributed by atoms with Gasteiger partial charge in [0.05, 0.1) is 17.1 Å². The van der Waals surface area contributed by atoms with Crippen LogP contribution in [0.25, 0.3) is 0 Å². The number of nitrogens with zero attached hydrogens (tertiary/aromatic N) is 1. The third-order valence-corrected chi connectivity index (χ3v) is 6.39. The highest BCUT2D eigenvalue weighted by Gasteiger charge is 2.38. The molecule has 1 fully saturated rings. The minimum atomic E-state index is -4.00. The molecule has 2 aromatic rings. The average Bonchev–Trinajstić information content (AvgIpc) is 3.04. The van der Waals surface area contributed by atoms with Gasteiger partial charge in [-0.2, -0.15) is 4.31 Å². The van der Waals surface area contributed by atoms with Crippen LogP contribution in [0.1, 0.15) is 28.8 Å². The largest absolute Gasteiger partial charge is 0.462 e. The number of nitrogens with two attached hydrogens (primary N) is 1. The lowest BCUT2D eigenvalue weighted by Crippen LogP contribution is -2.32. The Morgan fingerprint density at radius 3 is 2.59 bits per heavy atom. The van der Waals surface area contributed by atoms with E-state index in [9.17, 15) is 17.6 Å². The molecule has 0 saturated carbocycles. The maximum Gasteiger partial charge on any atom is 0.338 e. The van der Waals surface area contributed by atoms with Crippen LogP contribution in [-0.4, -0.2) is 44.4 Å². The quantitative estimate of drug-likeness (QED) is 0.788. The monoisotopic (exact) mass is 392 g/mol. The predicted molar refractivity (Wildman–Crippen MR) is 98.3 cm³/mol. The third kappa shape index (κ3) is 4.02. The fraction of sp³-hybridized carbons (Fsp3) is 0.316. The van der Waals surface area contributed by atoms with Gasteiger partial charge in [-0.15, -0.1) is 0 Å². The van der Waals surface area contributed by atoms with Crippen LogP contribution >= 0.6 is 0 Å². The topological polar surface area (TPSA) is 89.7 Å². The van der Waals surface area contributed by atoms with Crippen LogP contribution in [0.5, 0.6) is 0 Å². The molecular formula is C19H21FN2O4S. The molecule has 0 aromatic heterocycles. The molecule has 0 radical (unpaired) electrons. The molecule has 144 valence electrons. The molecular weight excluding hydrogens is 371 g/mol. The van der Waals surface area contributed by atoms with Crippen molar-refractivity contribution in [2.75, 3.05) is 19.7 Å². The van der Waals surface area contributed by atoms with Crippen molar-refractivity contribution >= 4 is 16.0 Å². The van der Waals surface area contributed by atoms with Gasteiger partial charge >= 0.3 is 5.97 Å². The standard InChI is InChI=1S/C19H21FN2O4S/c1-2-26-19(23)14-8-15(20)10-16(9-14)27(24,25)22-11-17(18(21)12-22)13-6-4-3-5-7-13/h3-10,17-18H,2,11-12,21H2,1H3/t17-,18+/m0/s1. The molecule has 0 aliphatic carbocycles. The van der Waals surface area contributed by atoms with Gasteiger partial charge in [0, 0.05) is 25.0 Å². The summed E-state index contributed by atoms with van der Waals surface area (Å²) in [4.78, 5) is 11.6. The van der Waals surface area contributed by atoms with Crippen LogP contribution in [0.4, 0.5) is 4.39 Å². The summed E-state index contributed by atoms with van der Waals surface area (Å²) >= 11 is 0. The minimum absolute atomic E-state index is 0.108. The number of sulfonamides is 1. The van der Waals surface area contributed by atoms with Crippen LogP contribution in [0.3, 0.4) is 0 Å². The summed E-state index contributed by atoms with van der Waals surface area (Å²) in [6.45, 7) is 2.03. The van der Waals surface area contributed by atoms with Crippen LogP contribution < -0.4 is 5.73 Å². The van der Waals surface area contributed by atoms with Crippen molar-refractivity contribution in [3.8, 4) is 0 Å². The van der Waals surface area contributed by atoms with E-state index < -0.39 is 21.8 Å². The highest BCUT2D eigenvalue weighted by molar-refractivity contribution is 7.89. The highest BCUT2D eigenvalue weighted by atomic mass is 32.2. The molecule has 8 heteroatoms. The van der Waals surface area contributed by atoms with Crippen LogP contribution in [-0.2, 0) is 14.8 Å². The summed E-state index contributed by atoms with van der Waals surface area (Å²) in [5, 5.41) is 0. The smallest absolute Gasteiger partial charge is 0.338 e. The maximum absolute atomic E-state index is 13.9. The van der Waals surface area contributed by atoms with E-state index in [2.05, 4.69) is 0 Å². The van der Waals surface area contributed by atoms with Gasteiger partial charge in [0.2, 0.25) is 10.0 Å². The van der Waals surface area contributed by atoms with Crippen LogP contribution in [0, 0.1) is 5.82 Å². The molecule has 1 heterocycles. The second kappa shape index (κ2) is 7.75. The molecule has 0 unspecified atom stereocenters. The van der Waals surface area contributed by atoms with Crippen molar-refractivity contribution in [1.29, 1.82) is 0 Å². The molecule has 27 heavy (non-hydrogen) atoms. The SMILES string of the molecule is CCOC(=O)c1cc(F)cc(S(=O)(=O)N2C[C@@H](N)[C@H](c3ccccc3)C2)c1. The Morgan fingerprint density at radius 2 is 1.93 bits per heavy atom. The molecule has 1 aliphatic heterocycles. The molecule has 0 bridgehead atoms. The lowest BCUT2D eigenvalue weighted by Gasteiger charge is -2.17. The number of rotatable bonds is 5. The Labute approximate surface area is 157 Å². The van der Waals surface area contributed by atoms with E-state index >= 15 is 0 Å². The summed E-state index contributed by atoms with van der Waals surface area (Å²) in [6.07, 6.45) is 0. The molecule has 1 saturated heterocycles. The van der Waals surface area contributed by atoms with E-state index in [0.29, 0.717) is 0 Å². The Morgan fingerprint density at radius 1 is 1.22 bits per heavy atom.